The molecule has 66 heavy (non-hydrogen) atoms. The minimum Gasteiger partial charge on any atom is -0.494 e. The van der Waals surface area contributed by atoms with Crippen LogP contribution in [-0.2, 0) is 60.6 Å². The van der Waals surface area contributed by atoms with Crippen LogP contribution in [0.15, 0.2) is 18.2 Å². The van der Waals surface area contributed by atoms with E-state index in [9.17, 15) is 29.1 Å². The average molecular weight is 931 g/mol. The lowest BCUT2D eigenvalue weighted by molar-refractivity contribution is -0.294. The van der Waals surface area contributed by atoms with Crippen LogP contribution in [0.2, 0.25) is 0 Å². The third-order valence-electron chi connectivity index (χ3n) is 10.5. The van der Waals surface area contributed by atoms with Crippen LogP contribution < -0.4 is 20.5 Å². The van der Waals surface area contributed by atoms with Gasteiger partial charge in [0.05, 0.1) is 28.3 Å². The van der Waals surface area contributed by atoms with E-state index in [1.54, 1.807) is 87.8 Å². The highest BCUT2D eigenvalue weighted by Gasteiger charge is 2.56. The molecule has 2 aromatic rings. The smallest absolute Gasteiger partial charge is 0.311 e. The van der Waals surface area contributed by atoms with Crippen molar-refractivity contribution in [2.45, 2.75) is 173 Å². The fourth-order valence-corrected chi connectivity index (χ4v) is 6.55. The Labute approximate surface area is 391 Å². The molecule has 3 rings (SSSR count). The first-order valence-electron chi connectivity index (χ1n) is 23.0. The van der Waals surface area contributed by atoms with Crippen LogP contribution in [0.1, 0.15) is 144 Å². The average Bonchev–Trinajstić information content (AvgIpc) is 3.53. The Balaban J connectivity index is 2.22. The van der Waals surface area contributed by atoms with Gasteiger partial charge in [0.25, 0.3) is 0 Å². The summed E-state index contributed by atoms with van der Waals surface area (Å²) in [5, 5.41) is 18.0. The van der Waals surface area contributed by atoms with E-state index in [0.717, 1.165) is 23.2 Å². The first-order valence-corrected chi connectivity index (χ1v) is 23.0. The Morgan fingerprint density at radius 3 is 1.88 bits per heavy atom. The van der Waals surface area contributed by atoms with Crippen molar-refractivity contribution in [3.05, 3.63) is 40.6 Å². The van der Waals surface area contributed by atoms with Gasteiger partial charge in [-0.3, -0.25) is 28.7 Å². The number of carbonyl (C=O) groups is 5. The highest BCUT2D eigenvalue weighted by Crippen LogP contribution is 2.38. The fourth-order valence-electron chi connectivity index (χ4n) is 6.55. The van der Waals surface area contributed by atoms with E-state index in [-0.39, 0.29) is 30.7 Å². The standard InChI is InChI=1S/C49H78N4O13/c1-29(2)36-33(27-31-18-19-32(26-30(31)3)60-25-16-21-51-22-20-35(50)55)40(52-53(36)23-17-24-54)66-41-39(65-45(59)49(13,14)15)38(64-44(58)48(10,11)12)37(63-43(57)47(7,8)9)34(62-41)28-61-42(56)46(4,5)6/h18-19,26,29,34,37-39,41,51,54H,16-17,20-25,27-28H2,1-15H3,(H2,50,55)/t34-,37-,38+,39-,41+/m1/s1. The molecule has 1 aliphatic rings. The summed E-state index contributed by atoms with van der Waals surface area (Å²) in [5.74, 6) is -2.26. The van der Waals surface area contributed by atoms with Gasteiger partial charge in [-0.15, -0.1) is 5.10 Å². The van der Waals surface area contributed by atoms with Gasteiger partial charge in [-0.05, 0) is 139 Å². The predicted molar refractivity (Wildman–Crippen MR) is 247 cm³/mol. The molecule has 2 heterocycles. The number of aryl methyl sites for hydroxylation is 2. The summed E-state index contributed by atoms with van der Waals surface area (Å²) in [6.07, 6.45) is -5.63. The number of rotatable bonds is 21. The monoisotopic (exact) mass is 931 g/mol. The van der Waals surface area contributed by atoms with E-state index in [4.69, 9.17) is 44.0 Å². The van der Waals surface area contributed by atoms with Crippen LogP contribution in [0, 0.1) is 28.6 Å². The number of carbonyl (C=O) groups excluding carboxylic acids is 5. The quantitative estimate of drug-likeness (QED) is 0.0732. The number of primary amides is 1. The second kappa shape index (κ2) is 23.3. The largest absolute Gasteiger partial charge is 0.494 e. The highest BCUT2D eigenvalue weighted by atomic mass is 16.7. The molecule has 372 valence electrons. The fraction of sp³-hybridized carbons (Fsp3) is 0.714. The van der Waals surface area contributed by atoms with Crippen molar-refractivity contribution in [3.8, 4) is 11.6 Å². The molecule has 0 bridgehead atoms. The van der Waals surface area contributed by atoms with Gasteiger partial charge in [-0.2, -0.15) is 0 Å². The van der Waals surface area contributed by atoms with Crippen molar-refractivity contribution in [3.63, 3.8) is 0 Å². The minimum atomic E-state index is -1.56. The summed E-state index contributed by atoms with van der Waals surface area (Å²) in [6, 6.07) is 5.80. The van der Waals surface area contributed by atoms with Crippen molar-refractivity contribution in [1.82, 2.24) is 15.1 Å². The molecular formula is C49H78N4O13. The van der Waals surface area contributed by atoms with E-state index in [0.29, 0.717) is 50.4 Å². The molecule has 0 radical (unpaired) electrons. The number of esters is 4. The van der Waals surface area contributed by atoms with Gasteiger partial charge in [0, 0.05) is 43.8 Å². The number of nitrogens with zero attached hydrogens (tertiary/aromatic N) is 2. The SMILES string of the molecule is Cc1cc(OCCCNCCC(N)=O)ccc1Cc1c(O[C@@H]2O[C@H](COC(=O)C(C)(C)C)[C@@H](OC(=O)C(C)(C)C)[C@H](OC(=O)C(C)(C)C)[C@H]2OC(=O)C(C)(C)C)nn(CCCO)c1C(C)C. The summed E-state index contributed by atoms with van der Waals surface area (Å²) in [7, 11) is 0. The number of aromatic nitrogens is 2. The molecule has 0 spiro atoms. The Hall–Kier alpha value is -4.74. The van der Waals surface area contributed by atoms with Crippen molar-refractivity contribution < 1.29 is 62.2 Å². The molecule has 1 fully saturated rings. The zero-order chi connectivity index (χ0) is 49.9. The van der Waals surface area contributed by atoms with Gasteiger partial charge in [-0.25, -0.2) is 0 Å². The van der Waals surface area contributed by atoms with Crippen molar-refractivity contribution in [2.75, 3.05) is 32.9 Å². The number of aliphatic hydroxyl groups is 1. The summed E-state index contributed by atoms with van der Waals surface area (Å²) in [4.78, 5) is 65.8. The summed E-state index contributed by atoms with van der Waals surface area (Å²) < 4.78 is 45.7. The Morgan fingerprint density at radius 1 is 0.803 bits per heavy atom. The maximum atomic E-state index is 13.9. The number of benzene rings is 1. The maximum absolute atomic E-state index is 13.9. The molecule has 0 saturated carbocycles. The molecule has 1 amide bonds. The first kappa shape index (κ1) is 55.6. The van der Waals surface area contributed by atoms with E-state index in [1.165, 1.54) is 0 Å². The maximum Gasteiger partial charge on any atom is 0.311 e. The second-order valence-electron chi connectivity index (χ2n) is 21.4. The van der Waals surface area contributed by atoms with E-state index in [1.807, 2.05) is 39.0 Å². The molecule has 1 aliphatic heterocycles. The number of ether oxygens (including phenoxy) is 7. The van der Waals surface area contributed by atoms with Gasteiger partial charge in [0.2, 0.25) is 24.2 Å². The van der Waals surface area contributed by atoms with Crippen molar-refractivity contribution in [2.24, 2.45) is 27.4 Å². The van der Waals surface area contributed by atoms with Crippen LogP contribution in [0.3, 0.4) is 0 Å². The van der Waals surface area contributed by atoms with Crippen LogP contribution >= 0.6 is 0 Å². The predicted octanol–water partition coefficient (Wildman–Crippen LogP) is 6.09. The topological polar surface area (TPSA) is 226 Å². The zero-order valence-electron chi connectivity index (χ0n) is 42.1. The second-order valence-corrected chi connectivity index (χ2v) is 21.4. The molecule has 0 unspecified atom stereocenters. The molecular weight excluding hydrogens is 853 g/mol. The van der Waals surface area contributed by atoms with Crippen LogP contribution in [0.25, 0.3) is 0 Å². The Kier molecular flexibility index (Phi) is 19.6. The lowest BCUT2D eigenvalue weighted by atomic mass is 9.93. The molecule has 5 atom stereocenters. The molecule has 1 aromatic heterocycles. The van der Waals surface area contributed by atoms with Gasteiger partial charge in [-0.1, -0.05) is 19.9 Å². The van der Waals surface area contributed by atoms with Crippen molar-refractivity contribution in [1.29, 1.82) is 0 Å². The minimum absolute atomic E-state index is 0.0870. The zero-order valence-corrected chi connectivity index (χ0v) is 42.1. The lowest BCUT2D eigenvalue weighted by Gasteiger charge is -2.45. The third-order valence-corrected chi connectivity index (χ3v) is 10.5. The molecule has 0 aliphatic carbocycles. The van der Waals surface area contributed by atoms with Crippen LogP contribution in [0.5, 0.6) is 11.6 Å². The lowest BCUT2D eigenvalue weighted by Crippen LogP contribution is -2.65. The van der Waals surface area contributed by atoms with Crippen molar-refractivity contribution >= 4 is 29.8 Å². The number of nitrogens with one attached hydrogen (secondary N) is 1. The van der Waals surface area contributed by atoms with Crippen LogP contribution in [-0.4, -0.2) is 108 Å². The normalized spacial score (nSPS) is 19.3. The van der Waals surface area contributed by atoms with Gasteiger partial charge >= 0.3 is 23.9 Å². The molecule has 17 heteroatoms. The number of hydrogen-bond donors (Lipinski definition) is 3. The first-order chi connectivity index (χ1) is 30.4. The molecule has 4 N–H and O–H groups in total. The molecule has 17 nitrogen and oxygen atoms in total. The van der Waals surface area contributed by atoms with Gasteiger partial charge in [0.1, 0.15) is 18.5 Å². The molecule has 1 saturated heterocycles. The Morgan fingerprint density at radius 2 is 1.36 bits per heavy atom. The van der Waals surface area contributed by atoms with Crippen LogP contribution in [0.4, 0.5) is 0 Å². The van der Waals surface area contributed by atoms with E-state index < -0.39 is 82.8 Å². The Bertz CT molecular complexity index is 1970. The third kappa shape index (κ3) is 16.2. The van der Waals surface area contributed by atoms with E-state index >= 15 is 0 Å². The number of hydrogen-bond acceptors (Lipinski definition) is 15. The summed E-state index contributed by atoms with van der Waals surface area (Å²) in [6.45, 7) is 27.5. The van der Waals surface area contributed by atoms with E-state index in [2.05, 4.69) is 5.32 Å². The summed E-state index contributed by atoms with van der Waals surface area (Å²) in [5.41, 5.74) is 4.52. The molecule has 1 aromatic carbocycles. The number of aliphatic hydroxyl groups excluding tert-OH is 1. The highest BCUT2D eigenvalue weighted by molar-refractivity contribution is 5.78. The number of amides is 1. The van der Waals surface area contributed by atoms with Gasteiger partial charge < -0.3 is 49.3 Å². The van der Waals surface area contributed by atoms with Gasteiger partial charge in [0.15, 0.2) is 12.2 Å². The summed E-state index contributed by atoms with van der Waals surface area (Å²) >= 11 is 0. The number of nitrogens with two attached hydrogens (primary N) is 1.